The lowest BCUT2D eigenvalue weighted by molar-refractivity contribution is 0.0176. The number of rotatable bonds is 6. The van der Waals surface area contributed by atoms with Crippen LogP contribution in [0.5, 0.6) is 0 Å². The minimum absolute atomic E-state index is 0. The van der Waals surface area contributed by atoms with Gasteiger partial charge in [-0.1, -0.05) is 18.2 Å². The van der Waals surface area contributed by atoms with Crippen molar-refractivity contribution in [3.8, 4) is 0 Å². The molecule has 2 aromatic rings. The lowest BCUT2D eigenvalue weighted by Crippen LogP contribution is -2.46. The van der Waals surface area contributed by atoms with Crippen LogP contribution < -0.4 is 5.32 Å². The zero-order valence-electron chi connectivity index (χ0n) is 16.3. The zero-order valence-corrected chi connectivity index (χ0v) is 19.5. The molecule has 1 aliphatic heterocycles. The van der Waals surface area contributed by atoms with E-state index in [2.05, 4.69) is 37.6 Å². The molecule has 1 atom stereocenters. The molecule has 1 aliphatic rings. The molecule has 0 aliphatic carbocycles. The molecule has 154 valence electrons. The highest BCUT2D eigenvalue weighted by Crippen LogP contribution is 2.25. The number of guanidine groups is 1. The first-order chi connectivity index (χ1) is 13.2. The number of hydrogen-bond donors (Lipinski definition) is 1. The molecule has 8 heteroatoms. The Bertz CT molecular complexity index is 720. The van der Waals surface area contributed by atoms with Crippen LogP contribution in [0.25, 0.3) is 0 Å². The minimum Gasteiger partial charge on any atom is -0.379 e. The first-order valence-corrected chi connectivity index (χ1v) is 10.1. The number of benzene rings is 1. The number of nitrogens with zero attached hydrogens (tertiary/aromatic N) is 3. The Balaban J connectivity index is 0.00000280. The van der Waals surface area contributed by atoms with Crippen LogP contribution in [0.1, 0.15) is 16.5 Å². The summed E-state index contributed by atoms with van der Waals surface area (Å²) in [5, 5.41) is 5.64. The lowest BCUT2D eigenvalue weighted by Gasteiger charge is -2.35. The van der Waals surface area contributed by atoms with Crippen LogP contribution >= 0.6 is 35.3 Å². The highest BCUT2D eigenvalue weighted by atomic mass is 127. The van der Waals surface area contributed by atoms with E-state index in [0.717, 1.165) is 44.4 Å². The summed E-state index contributed by atoms with van der Waals surface area (Å²) >= 11 is 1.78. The number of aliphatic imine (C=N–C) groups is 1. The van der Waals surface area contributed by atoms with Crippen LogP contribution in [0, 0.1) is 5.82 Å². The SMILES string of the molecule is CN=C(NCC(c1cccs1)N1CCOCC1)N(C)Cc1ccc(F)cc1.I. The zero-order chi connectivity index (χ0) is 19.1. The molecule has 28 heavy (non-hydrogen) atoms. The molecule has 1 N–H and O–H groups in total. The fourth-order valence-electron chi connectivity index (χ4n) is 3.29. The van der Waals surface area contributed by atoms with E-state index >= 15 is 0 Å². The Morgan fingerprint density at radius 1 is 1.29 bits per heavy atom. The molecular weight excluding hydrogens is 490 g/mol. The van der Waals surface area contributed by atoms with Gasteiger partial charge in [0.25, 0.3) is 0 Å². The number of morpholine rings is 1. The van der Waals surface area contributed by atoms with Gasteiger partial charge in [0.1, 0.15) is 5.82 Å². The molecule has 1 fully saturated rings. The van der Waals surface area contributed by atoms with Crippen molar-refractivity contribution in [3.05, 3.63) is 58.0 Å². The summed E-state index contributed by atoms with van der Waals surface area (Å²) in [5.74, 6) is 0.613. The summed E-state index contributed by atoms with van der Waals surface area (Å²) in [6.07, 6.45) is 0. The van der Waals surface area contributed by atoms with Crippen molar-refractivity contribution in [2.45, 2.75) is 12.6 Å². The van der Waals surface area contributed by atoms with E-state index in [9.17, 15) is 4.39 Å². The molecule has 0 spiro atoms. The van der Waals surface area contributed by atoms with E-state index < -0.39 is 0 Å². The molecule has 0 amide bonds. The number of thiophene rings is 1. The van der Waals surface area contributed by atoms with Crippen molar-refractivity contribution in [2.24, 2.45) is 4.99 Å². The van der Waals surface area contributed by atoms with Gasteiger partial charge in [-0.05, 0) is 29.1 Å². The van der Waals surface area contributed by atoms with Crippen molar-refractivity contribution in [1.82, 2.24) is 15.1 Å². The van der Waals surface area contributed by atoms with Crippen LogP contribution in [0.15, 0.2) is 46.8 Å². The average molecular weight is 518 g/mol. The van der Waals surface area contributed by atoms with Gasteiger partial charge in [-0.3, -0.25) is 9.89 Å². The number of halogens is 2. The Morgan fingerprint density at radius 2 is 2.00 bits per heavy atom. The van der Waals surface area contributed by atoms with Crippen LogP contribution in [0.2, 0.25) is 0 Å². The second-order valence-electron chi connectivity index (χ2n) is 6.59. The molecule has 0 bridgehead atoms. The maximum atomic E-state index is 13.1. The van der Waals surface area contributed by atoms with Gasteiger partial charge < -0.3 is 15.0 Å². The average Bonchev–Trinajstić information content (AvgIpc) is 3.22. The van der Waals surface area contributed by atoms with Crippen molar-refractivity contribution >= 4 is 41.3 Å². The first kappa shape index (κ1) is 23.1. The van der Waals surface area contributed by atoms with E-state index in [1.54, 1.807) is 30.5 Å². The second-order valence-corrected chi connectivity index (χ2v) is 7.57. The lowest BCUT2D eigenvalue weighted by atomic mass is 10.2. The van der Waals surface area contributed by atoms with Crippen LogP contribution in [0.3, 0.4) is 0 Å². The number of nitrogens with one attached hydrogen (secondary N) is 1. The summed E-state index contributed by atoms with van der Waals surface area (Å²) in [4.78, 5) is 10.3. The van der Waals surface area contributed by atoms with Gasteiger partial charge >= 0.3 is 0 Å². The standard InChI is InChI=1S/C20H27FN4OS.HI/c1-22-20(24(2)15-16-5-7-17(21)8-6-16)23-14-18(19-4-3-13-27-19)25-9-11-26-12-10-25;/h3-8,13,18H,9-12,14-15H2,1-2H3,(H,22,23);1H. The largest absolute Gasteiger partial charge is 0.379 e. The molecule has 0 radical (unpaired) electrons. The molecular formula is C20H28FIN4OS. The van der Waals surface area contributed by atoms with Gasteiger partial charge in [-0.2, -0.15) is 0 Å². The Morgan fingerprint density at radius 3 is 2.61 bits per heavy atom. The van der Waals surface area contributed by atoms with Gasteiger partial charge in [0, 0.05) is 45.2 Å². The highest BCUT2D eigenvalue weighted by molar-refractivity contribution is 14.0. The van der Waals surface area contributed by atoms with E-state index in [1.807, 2.05) is 7.05 Å². The van der Waals surface area contributed by atoms with Gasteiger partial charge in [-0.25, -0.2) is 4.39 Å². The molecule has 1 aromatic heterocycles. The third-order valence-corrected chi connectivity index (χ3v) is 5.69. The van der Waals surface area contributed by atoms with Crippen molar-refractivity contribution in [1.29, 1.82) is 0 Å². The molecule has 1 unspecified atom stereocenters. The predicted octanol–water partition coefficient (Wildman–Crippen LogP) is 3.59. The summed E-state index contributed by atoms with van der Waals surface area (Å²) in [6, 6.07) is 11.2. The molecule has 1 aromatic carbocycles. The van der Waals surface area contributed by atoms with Crippen LogP contribution in [-0.2, 0) is 11.3 Å². The van der Waals surface area contributed by atoms with Gasteiger partial charge in [-0.15, -0.1) is 35.3 Å². The number of hydrogen-bond acceptors (Lipinski definition) is 4. The number of ether oxygens (including phenoxy) is 1. The topological polar surface area (TPSA) is 40.1 Å². The molecule has 3 rings (SSSR count). The second kappa shape index (κ2) is 11.7. The van der Waals surface area contributed by atoms with Crippen molar-refractivity contribution in [2.75, 3.05) is 46.9 Å². The van der Waals surface area contributed by atoms with Crippen LogP contribution in [-0.4, -0.2) is 62.7 Å². The van der Waals surface area contributed by atoms with Crippen LogP contribution in [0.4, 0.5) is 4.39 Å². The van der Waals surface area contributed by atoms with Gasteiger partial charge in [0.05, 0.1) is 19.3 Å². The summed E-state index contributed by atoms with van der Waals surface area (Å²) in [5.41, 5.74) is 1.05. The fourth-order valence-corrected chi connectivity index (χ4v) is 4.15. The van der Waals surface area contributed by atoms with Crippen molar-refractivity contribution in [3.63, 3.8) is 0 Å². The normalized spacial score (nSPS) is 16.3. The van der Waals surface area contributed by atoms with E-state index in [4.69, 9.17) is 4.74 Å². The Kier molecular flexibility index (Phi) is 9.63. The van der Waals surface area contributed by atoms with Gasteiger partial charge in [0.15, 0.2) is 5.96 Å². The Labute approximate surface area is 187 Å². The monoisotopic (exact) mass is 518 g/mol. The highest BCUT2D eigenvalue weighted by Gasteiger charge is 2.24. The van der Waals surface area contributed by atoms with E-state index in [0.29, 0.717) is 12.6 Å². The fraction of sp³-hybridized carbons (Fsp3) is 0.450. The maximum Gasteiger partial charge on any atom is 0.193 e. The molecule has 2 heterocycles. The van der Waals surface area contributed by atoms with Crippen molar-refractivity contribution < 1.29 is 9.13 Å². The smallest absolute Gasteiger partial charge is 0.193 e. The maximum absolute atomic E-state index is 13.1. The third kappa shape index (κ3) is 6.40. The van der Waals surface area contributed by atoms with Gasteiger partial charge in [0.2, 0.25) is 0 Å². The van der Waals surface area contributed by atoms with E-state index in [-0.39, 0.29) is 29.8 Å². The quantitative estimate of drug-likeness (QED) is 0.361. The summed E-state index contributed by atoms with van der Waals surface area (Å²) in [6.45, 7) is 4.88. The summed E-state index contributed by atoms with van der Waals surface area (Å²) in [7, 11) is 3.78. The molecule has 1 saturated heterocycles. The minimum atomic E-state index is -0.215. The van der Waals surface area contributed by atoms with E-state index in [1.165, 1.54) is 17.0 Å². The Hall–Kier alpha value is -1.23. The first-order valence-electron chi connectivity index (χ1n) is 9.19. The summed E-state index contributed by atoms with van der Waals surface area (Å²) < 4.78 is 18.6. The predicted molar refractivity (Wildman–Crippen MR) is 124 cm³/mol. The molecule has 0 saturated carbocycles. The third-order valence-electron chi connectivity index (χ3n) is 4.72. The molecule has 5 nitrogen and oxygen atoms in total.